The Labute approximate surface area is 356 Å². The first-order chi connectivity index (χ1) is 28.3. The van der Waals surface area contributed by atoms with Crippen LogP contribution < -0.4 is 0 Å². The predicted molar refractivity (Wildman–Crippen MR) is 243 cm³/mol. The SMILES string of the molecule is CCCCCCC/C=C/CCCCCCCCCCCCOC(=O)c1ccc(S(=O)(=O)O)cc1C(=O)OCCCCCCCCCCCC/C=C/CCCCCCC. The van der Waals surface area contributed by atoms with Crippen molar-refractivity contribution in [3.63, 3.8) is 0 Å². The molecule has 1 aromatic carbocycles. The van der Waals surface area contributed by atoms with Gasteiger partial charge < -0.3 is 9.47 Å². The molecular weight excluding hydrogens is 745 g/mol. The number of hydrogen-bond acceptors (Lipinski definition) is 6. The second-order valence-electron chi connectivity index (χ2n) is 16.5. The molecule has 1 rings (SSSR count). The number of rotatable bonds is 41. The summed E-state index contributed by atoms with van der Waals surface area (Å²) in [6, 6.07) is 3.31. The average molecular weight is 831 g/mol. The maximum Gasteiger partial charge on any atom is 0.339 e. The molecule has 0 aromatic heterocycles. The van der Waals surface area contributed by atoms with Crippen molar-refractivity contribution in [2.75, 3.05) is 13.2 Å². The number of hydrogen-bond donors (Lipinski definition) is 1. The highest BCUT2D eigenvalue weighted by atomic mass is 32.2. The van der Waals surface area contributed by atoms with Crippen LogP contribution in [0.3, 0.4) is 0 Å². The summed E-state index contributed by atoms with van der Waals surface area (Å²) in [7, 11) is -4.57. The van der Waals surface area contributed by atoms with E-state index in [1.807, 2.05) is 0 Å². The van der Waals surface area contributed by atoms with Crippen molar-refractivity contribution in [2.45, 2.75) is 237 Å². The summed E-state index contributed by atoms with van der Waals surface area (Å²) in [5, 5.41) is 0. The highest BCUT2D eigenvalue weighted by molar-refractivity contribution is 7.85. The van der Waals surface area contributed by atoms with E-state index in [2.05, 4.69) is 38.2 Å². The van der Waals surface area contributed by atoms with Crippen molar-refractivity contribution < 1.29 is 32.0 Å². The Hall–Kier alpha value is -2.45. The second kappa shape index (κ2) is 38.7. The Morgan fingerprint density at radius 1 is 0.448 bits per heavy atom. The van der Waals surface area contributed by atoms with Crippen molar-refractivity contribution in [3.05, 3.63) is 53.6 Å². The first-order valence-electron chi connectivity index (χ1n) is 24.1. The number of benzene rings is 1. The van der Waals surface area contributed by atoms with Crippen molar-refractivity contribution in [3.8, 4) is 0 Å². The molecule has 1 N–H and O–H groups in total. The van der Waals surface area contributed by atoms with E-state index in [0.717, 1.165) is 50.7 Å². The van der Waals surface area contributed by atoms with Crippen LogP contribution in [0.25, 0.3) is 0 Å². The van der Waals surface area contributed by atoms with Crippen LogP contribution in [0, 0.1) is 0 Å². The third-order valence-corrected chi connectivity index (χ3v) is 11.9. The largest absolute Gasteiger partial charge is 0.462 e. The summed E-state index contributed by atoms with van der Waals surface area (Å²) in [4.78, 5) is 25.5. The van der Waals surface area contributed by atoms with Crippen LogP contribution in [0.2, 0.25) is 0 Å². The van der Waals surface area contributed by atoms with Crippen molar-refractivity contribution in [1.29, 1.82) is 0 Å². The van der Waals surface area contributed by atoms with Crippen LogP contribution in [0.5, 0.6) is 0 Å². The van der Waals surface area contributed by atoms with E-state index in [1.165, 1.54) is 179 Å². The Balaban J connectivity index is 2.17. The van der Waals surface area contributed by atoms with Crippen LogP contribution >= 0.6 is 0 Å². The van der Waals surface area contributed by atoms with Gasteiger partial charge in [-0.25, -0.2) is 9.59 Å². The summed E-state index contributed by atoms with van der Waals surface area (Å²) < 4.78 is 44.0. The minimum atomic E-state index is -4.57. The number of ether oxygens (including phenoxy) is 2. The van der Waals surface area contributed by atoms with Gasteiger partial charge in [0.25, 0.3) is 10.1 Å². The first kappa shape index (κ1) is 53.6. The monoisotopic (exact) mass is 831 g/mol. The fraction of sp³-hybridized carbons (Fsp3) is 0.760. The van der Waals surface area contributed by atoms with E-state index in [1.54, 1.807) is 0 Å². The first-order valence-corrected chi connectivity index (χ1v) is 25.5. The molecule has 0 radical (unpaired) electrons. The molecule has 0 saturated heterocycles. The normalized spacial score (nSPS) is 11.9. The summed E-state index contributed by atoms with van der Waals surface area (Å²) >= 11 is 0. The van der Waals surface area contributed by atoms with Crippen LogP contribution in [-0.4, -0.2) is 38.1 Å². The topological polar surface area (TPSA) is 107 Å². The molecule has 0 amide bonds. The fourth-order valence-corrected chi connectivity index (χ4v) is 7.78. The van der Waals surface area contributed by atoms with Crippen molar-refractivity contribution >= 4 is 22.1 Å². The molecule has 0 bridgehead atoms. The molecule has 0 saturated carbocycles. The lowest BCUT2D eigenvalue weighted by atomic mass is 10.1. The van der Waals surface area contributed by atoms with Crippen molar-refractivity contribution in [2.24, 2.45) is 0 Å². The molecule has 8 heteroatoms. The van der Waals surface area contributed by atoms with E-state index in [0.29, 0.717) is 6.42 Å². The third-order valence-electron chi connectivity index (χ3n) is 11.0. The minimum absolute atomic E-state index is 0.0594. The second-order valence-corrected chi connectivity index (χ2v) is 17.9. The molecule has 0 aliphatic carbocycles. The smallest absolute Gasteiger partial charge is 0.339 e. The molecular formula is C50H86O7S. The van der Waals surface area contributed by atoms with E-state index >= 15 is 0 Å². The van der Waals surface area contributed by atoms with Gasteiger partial charge in [-0.1, -0.05) is 192 Å². The van der Waals surface area contributed by atoms with Crippen LogP contribution in [0.1, 0.15) is 253 Å². The molecule has 0 spiro atoms. The molecule has 0 aliphatic heterocycles. The molecule has 0 fully saturated rings. The quantitative estimate of drug-likeness (QED) is 0.0303. The van der Waals surface area contributed by atoms with Gasteiger partial charge in [0.2, 0.25) is 0 Å². The average Bonchev–Trinajstić information content (AvgIpc) is 3.21. The standard InChI is InChI=1S/C50H86O7S/c1-3-5-7-9-11-13-15-17-19-21-23-25-27-29-31-33-35-37-39-43-56-49(51)47-42-41-46(58(53,54)55)45-48(47)50(52)57-44-40-38-36-34-32-30-28-26-24-22-20-18-16-14-12-10-8-6-4-2/h15-18,41-42,45H,3-14,19-40,43-44H2,1-2H3,(H,53,54,55)/b17-15+,18-16+. The Morgan fingerprint density at radius 3 is 1.07 bits per heavy atom. The van der Waals surface area contributed by atoms with Gasteiger partial charge in [-0.2, -0.15) is 8.42 Å². The number of unbranched alkanes of at least 4 members (excludes halogenated alkanes) is 30. The molecule has 0 aliphatic rings. The number of carbonyl (C=O) groups is 2. The molecule has 58 heavy (non-hydrogen) atoms. The van der Waals surface area contributed by atoms with Gasteiger partial charge in [0.05, 0.1) is 29.2 Å². The Morgan fingerprint density at radius 2 is 0.741 bits per heavy atom. The zero-order chi connectivity index (χ0) is 42.2. The zero-order valence-corrected chi connectivity index (χ0v) is 38.1. The molecule has 7 nitrogen and oxygen atoms in total. The fourth-order valence-electron chi connectivity index (χ4n) is 7.28. The predicted octanol–water partition coefficient (Wildman–Crippen LogP) is 15.7. The molecule has 1 aromatic rings. The lowest BCUT2D eigenvalue weighted by molar-refractivity contribution is 0.0450. The highest BCUT2D eigenvalue weighted by Crippen LogP contribution is 2.20. The summed E-state index contributed by atoms with van der Waals surface area (Å²) in [5.41, 5.74) is -0.269. The summed E-state index contributed by atoms with van der Waals surface area (Å²) in [5.74, 6) is -1.50. The van der Waals surface area contributed by atoms with E-state index in [-0.39, 0.29) is 24.3 Å². The van der Waals surface area contributed by atoms with Gasteiger partial charge in [0.15, 0.2) is 0 Å². The number of allylic oxidation sites excluding steroid dienone is 4. The minimum Gasteiger partial charge on any atom is -0.462 e. The lowest BCUT2D eigenvalue weighted by Crippen LogP contribution is -2.16. The van der Waals surface area contributed by atoms with Crippen LogP contribution in [-0.2, 0) is 19.6 Å². The van der Waals surface area contributed by atoms with Gasteiger partial charge >= 0.3 is 11.9 Å². The molecule has 334 valence electrons. The Bertz CT molecular complexity index is 1300. The molecule has 0 unspecified atom stereocenters. The van der Waals surface area contributed by atoms with E-state index in [9.17, 15) is 22.6 Å². The maximum absolute atomic E-state index is 13.0. The number of carbonyl (C=O) groups excluding carboxylic acids is 2. The highest BCUT2D eigenvalue weighted by Gasteiger charge is 2.23. The third kappa shape index (κ3) is 31.5. The van der Waals surface area contributed by atoms with Crippen LogP contribution in [0.4, 0.5) is 0 Å². The van der Waals surface area contributed by atoms with E-state index in [4.69, 9.17) is 9.47 Å². The van der Waals surface area contributed by atoms with E-state index < -0.39 is 27.0 Å². The van der Waals surface area contributed by atoms with Crippen LogP contribution in [0.15, 0.2) is 47.4 Å². The van der Waals surface area contributed by atoms with Gasteiger partial charge in [-0.15, -0.1) is 0 Å². The van der Waals surface area contributed by atoms with Gasteiger partial charge in [0.1, 0.15) is 0 Å². The number of esters is 2. The summed E-state index contributed by atoms with van der Waals surface area (Å²) in [6.07, 6.45) is 50.9. The molecule has 0 atom stereocenters. The Kier molecular flexibility index (Phi) is 35.8. The van der Waals surface area contributed by atoms with Gasteiger partial charge in [0, 0.05) is 0 Å². The summed E-state index contributed by atoms with van der Waals surface area (Å²) in [6.45, 7) is 4.91. The lowest BCUT2D eigenvalue weighted by Gasteiger charge is -2.11. The maximum atomic E-state index is 13.0. The van der Waals surface area contributed by atoms with Gasteiger partial charge in [-0.05, 0) is 82.4 Å². The zero-order valence-electron chi connectivity index (χ0n) is 37.3. The molecule has 0 heterocycles. The van der Waals surface area contributed by atoms with Gasteiger partial charge in [-0.3, -0.25) is 4.55 Å². The van der Waals surface area contributed by atoms with Crippen molar-refractivity contribution in [1.82, 2.24) is 0 Å².